The van der Waals surface area contributed by atoms with E-state index in [9.17, 15) is 27.2 Å². The van der Waals surface area contributed by atoms with Crippen LogP contribution in [-0.4, -0.2) is 18.0 Å². The maximum Gasteiger partial charge on any atom is 0.296 e. The van der Waals surface area contributed by atoms with E-state index < -0.39 is 36.0 Å². The molecule has 0 fully saturated rings. The van der Waals surface area contributed by atoms with Gasteiger partial charge in [0.15, 0.2) is 17.4 Å². The molecule has 0 amide bonds. The molecule has 86 valence electrons. The molecule has 0 radical (unpaired) electrons. The molecule has 1 aromatic carbocycles. The van der Waals surface area contributed by atoms with Crippen LogP contribution in [0.1, 0.15) is 16.8 Å². The Morgan fingerprint density at radius 2 is 1.75 bits per heavy atom. The molecular formula is C10H6F4O2. The van der Waals surface area contributed by atoms with Gasteiger partial charge in [0.05, 0.1) is 6.42 Å². The largest absolute Gasteiger partial charge is 0.296 e. The van der Waals surface area contributed by atoms with Gasteiger partial charge in [0.2, 0.25) is 5.78 Å². The third-order valence-corrected chi connectivity index (χ3v) is 1.82. The van der Waals surface area contributed by atoms with Gasteiger partial charge in [-0.25, -0.2) is 17.6 Å². The number of hydrogen-bond donors (Lipinski definition) is 0. The van der Waals surface area contributed by atoms with Crippen LogP contribution in [0.4, 0.5) is 17.6 Å². The van der Waals surface area contributed by atoms with Gasteiger partial charge in [0.1, 0.15) is 0 Å². The highest BCUT2D eigenvalue weighted by atomic mass is 19.3. The number of Topliss-reactive ketones (excluding diaryl/α,β-unsaturated/α-hetero) is 2. The number of halogens is 4. The summed E-state index contributed by atoms with van der Waals surface area (Å²) in [4.78, 5) is 21.7. The van der Waals surface area contributed by atoms with Crippen LogP contribution in [0.5, 0.6) is 0 Å². The first-order chi connectivity index (χ1) is 7.41. The van der Waals surface area contributed by atoms with E-state index >= 15 is 0 Å². The number of ketones is 2. The summed E-state index contributed by atoms with van der Waals surface area (Å²) in [6.45, 7) is 0. The maximum absolute atomic E-state index is 12.7. The van der Waals surface area contributed by atoms with Crippen LogP contribution >= 0.6 is 0 Å². The Labute approximate surface area is 87.9 Å². The molecule has 2 nitrogen and oxygen atoms in total. The first-order valence-corrected chi connectivity index (χ1v) is 4.21. The summed E-state index contributed by atoms with van der Waals surface area (Å²) in [5.74, 6) is -4.94. The van der Waals surface area contributed by atoms with Crippen molar-refractivity contribution in [3.8, 4) is 0 Å². The van der Waals surface area contributed by atoms with Crippen LogP contribution in [0.15, 0.2) is 18.2 Å². The van der Waals surface area contributed by atoms with E-state index in [1.165, 1.54) is 0 Å². The van der Waals surface area contributed by atoms with Gasteiger partial charge in [-0.3, -0.25) is 9.59 Å². The Hall–Kier alpha value is -1.72. The second kappa shape index (κ2) is 4.87. The van der Waals surface area contributed by atoms with Crippen molar-refractivity contribution in [2.45, 2.75) is 12.8 Å². The molecule has 6 heteroatoms. The van der Waals surface area contributed by atoms with Crippen molar-refractivity contribution in [2.75, 3.05) is 0 Å². The van der Waals surface area contributed by atoms with Gasteiger partial charge >= 0.3 is 0 Å². The normalized spacial score (nSPS) is 10.6. The highest BCUT2D eigenvalue weighted by Crippen LogP contribution is 2.11. The molecule has 0 bridgehead atoms. The van der Waals surface area contributed by atoms with E-state index in [2.05, 4.69) is 0 Å². The predicted molar refractivity (Wildman–Crippen MR) is 46.3 cm³/mol. The quantitative estimate of drug-likeness (QED) is 0.455. The molecule has 0 saturated carbocycles. The first-order valence-electron chi connectivity index (χ1n) is 4.21. The topological polar surface area (TPSA) is 34.1 Å². The van der Waals surface area contributed by atoms with Crippen molar-refractivity contribution >= 4 is 11.6 Å². The van der Waals surface area contributed by atoms with Crippen LogP contribution < -0.4 is 0 Å². The fourth-order valence-corrected chi connectivity index (χ4v) is 1.01. The smallest absolute Gasteiger partial charge is 0.294 e. The summed E-state index contributed by atoms with van der Waals surface area (Å²) >= 11 is 0. The number of benzene rings is 1. The molecule has 1 rings (SSSR count). The number of carbonyl (C=O) groups excluding carboxylic acids is 2. The summed E-state index contributed by atoms with van der Waals surface area (Å²) in [5, 5.41) is 0. The molecule has 0 heterocycles. The Morgan fingerprint density at radius 3 is 2.25 bits per heavy atom. The molecule has 0 unspecified atom stereocenters. The van der Waals surface area contributed by atoms with Gasteiger partial charge in [0, 0.05) is 5.56 Å². The van der Waals surface area contributed by atoms with Crippen LogP contribution in [0, 0.1) is 11.6 Å². The molecule has 0 spiro atoms. The summed E-state index contributed by atoms with van der Waals surface area (Å²) in [7, 11) is 0. The van der Waals surface area contributed by atoms with E-state index in [1.54, 1.807) is 0 Å². The summed E-state index contributed by atoms with van der Waals surface area (Å²) < 4.78 is 48.8. The fraction of sp³-hybridized carbons (Fsp3) is 0.200. The van der Waals surface area contributed by atoms with Crippen molar-refractivity contribution in [3.05, 3.63) is 35.4 Å². The van der Waals surface area contributed by atoms with Gasteiger partial charge in [-0.1, -0.05) is 0 Å². The lowest BCUT2D eigenvalue weighted by Gasteiger charge is -2.00. The molecule has 1 aromatic rings. The summed E-state index contributed by atoms with van der Waals surface area (Å²) in [6.07, 6.45) is -4.27. The minimum atomic E-state index is -3.24. The second-order valence-corrected chi connectivity index (χ2v) is 3.00. The molecule has 0 aromatic heterocycles. The SMILES string of the molecule is O=C(CC(=O)C(F)F)c1ccc(F)c(F)c1. The summed E-state index contributed by atoms with van der Waals surface area (Å²) in [6, 6.07) is 2.19. The van der Waals surface area contributed by atoms with Crippen molar-refractivity contribution in [1.82, 2.24) is 0 Å². The highest BCUT2D eigenvalue weighted by molar-refractivity contribution is 6.08. The van der Waals surface area contributed by atoms with Gasteiger partial charge in [-0.05, 0) is 18.2 Å². The Bertz CT molecular complexity index is 429. The first kappa shape index (κ1) is 12.4. The molecule has 0 saturated heterocycles. The standard InChI is InChI=1S/C10H6F4O2/c11-6-2-1-5(3-7(6)12)8(15)4-9(16)10(13)14/h1-3,10H,4H2. The Morgan fingerprint density at radius 1 is 1.12 bits per heavy atom. The van der Waals surface area contributed by atoms with E-state index in [1.807, 2.05) is 0 Å². The monoisotopic (exact) mass is 234 g/mol. The lowest BCUT2D eigenvalue weighted by Crippen LogP contribution is -2.15. The van der Waals surface area contributed by atoms with Crippen molar-refractivity contribution in [2.24, 2.45) is 0 Å². The zero-order valence-electron chi connectivity index (χ0n) is 7.84. The Balaban J connectivity index is 2.81. The highest BCUT2D eigenvalue weighted by Gasteiger charge is 2.20. The minimum Gasteiger partial charge on any atom is -0.294 e. The van der Waals surface area contributed by atoms with Crippen LogP contribution in [0.3, 0.4) is 0 Å². The zero-order valence-corrected chi connectivity index (χ0v) is 7.84. The van der Waals surface area contributed by atoms with Crippen LogP contribution in [0.25, 0.3) is 0 Å². The molecule has 0 N–H and O–H groups in total. The lowest BCUT2D eigenvalue weighted by molar-refractivity contribution is -0.128. The van der Waals surface area contributed by atoms with Crippen LogP contribution in [0.2, 0.25) is 0 Å². The van der Waals surface area contributed by atoms with Gasteiger partial charge in [0.25, 0.3) is 6.43 Å². The lowest BCUT2D eigenvalue weighted by atomic mass is 10.1. The fourth-order valence-electron chi connectivity index (χ4n) is 1.01. The molecule has 16 heavy (non-hydrogen) atoms. The zero-order chi connectivity index (χ0) is 12.3. The summed E-state index contributed by atoms with van der Waals surface area (Å²) in [5.41, 5.74) is -0.312. The number of carbonyl (C=O) groups is 2. The van der Waals surface area contributed by atoms with E-state index in [4.69, 9.17) is 0 Å². The van der Waals surface area contributed by atoms with E-state index in [-0.39, 0.29) is 5.56 Å². The number of hydrogen-bond acceptors (Lipinski definition) is 2. The molecule has 0 aliphatic rings. The van der Waals surface area contributed by atoms with Crippen molar-refractivity contribution in [3.63, 3.8) is 0 Å². The average molecular weight is 234 g/mol. The van der Waals surface area contributed by atoms with E-state index in [0.717, 1.165) is 6.07 Å². The number of alkyl halides is 2. The minimum absolute atomic E-state index is 0.312. The predicted octanol–water partition coefficient (Wildman–Crippen LogP) is 2.37. The maximum atomic E-state index is 12.7. The van der Waals surface area contributed by atoms with Crippen molar-refractivity contribution < 1.29 is 27.2 Å². The molecule has 0 aliphatic heterocycles. The van der Waals surface area contributed by atoms with Gasteiger partial charge in [-0.15, -0.1) is 0 Å². The molecule has 0 aliphatic carbocycles. The van der Waals surface area contributed by atoms with Crippen molar-refractivity contribution in [1.29, 1.82) is 0 Å². The van der Waals surface area contributed by atoms with Crippen LogP contribution in [-0.2, 0) is 4.79 Å². The molecular weight excluding hydrogens is 228 g/mol. The number of rotatable bonds is 4. The Kier molecular flexibility index (Phi) is 3.76. The van der Waals surface area contributed by atoms with Gasteiger partial charge in [-0.2, -0.15) is 0 Å². The second-order valence-electron chi connectivity index (χ2n) is 3.00. The third-order valence-electron chi connectivity index (χ3n) is 1.82. The van der Waals surface area contributed by atoms with E-state index in [0.29, 0.717) is 12.1 Å². The average Bonchev–Trinajstić information content (AvgIpc) is 2.21. The molecule has 0 atom stereocenters. The van der Waals surface area contributed by atoms with Gasteiger partial charge < -0.3 is 0 Å². The third kappa shape index (κ3) is 2.88.